The van der Waals surface area contributed by atoms with E-state index in [1.54, 1.807) is 5.38 Å². The third-order valence-electron chi connectivity index (χ3n) is 2.54. The Labute approximate surface area is 114 Å². The Bertz CT molecular complexity index is 482. The fraction of sp³-hybridized carbons (Fsp3) is 0.417. The van der Waals surface area contributed by atoms with Crippen LogP contribution in [0.1, 0.15) is 28.6 Å². The van der Waals surface area contributed by atoms with Crippen LogP contribution >= 0.6 is 11.3 Å². The van der Waals surface area contributed by atoms with E-state index in [0.29, 0.717) is 11.3 Å². The maximum Gasteiger partial charge on any atom is 0.326 e. The average Bonchev–Trinajstić information content (AvgIpc) is 2.85. The molecule has 0 bridgehead atoms. The number of methoxy groups -OCH3 is 1. The first kappa shape index (κ1) is 15.2. The second-order valence-corrected chi connectivity index (χ2v) is 4.69. The molecule has 0 fully saturated rings. The molecule has 104 valence electrons. The molecule has 0 aromatic carbocycles. The van der Waals surface area contributed by atoms with Crippen molar-refractivity contribution in [2.75, 3.05) is 7.11 Å². The Balaban J connectivity index is 2.77. The molecule has 7 heteroatoms. The lowest BCUT2D eigenvalue weighted by Gasteiger charge is -2.13. The molecule has 1 heterocycles. The van der Waals surface area contributed by atoms with Gasteiger partial charge in [0.05, 0.1) is 18.4 Å². The molecule has 0 saturated carbocycles. The summed E-state index contributed by atoms with van der Waals surface area (Å²) in [5.74, 6) is -2.44. The summed E-state index contributed by atoms with van der Waals surface area (Å²) in [6.45, 7) is 1.90. The van der Waals surface area contributed by atoms with Crippen LogP contribution in [0.5, 0.6) is 0 Å². The van der Waals surface area contributed by atoms with Gasteiger partial charge in [0.2, 0.25) is 0 Å². The minimum atomic E-state index is -1.29. The first-order valence-electron chi connectivity index (χ1n) is 5.66. The van der Waals surface area contributed by atoms with Crippen LogP contribution in [0.15, 0.2) is 11.4 Å². The number of hydrogen-bond donors (Lipinski definition) is 2. The van der Waals surface area contributed by atoms with Gasteiger partial charge in [-0.25, -0.2) is 4.79 Å². The lowest BCUT2D eigenvalue weighted by Crippen LogP contribution is -2.42. The zero-order valence-electron chi connectivity index (χ0n) is 10.6. The summed E-state index contributed by atoms with van der Waals surface area (Å²) >= 11 is 1.24. The highest BCUT2D eigenvalue weighted by Gasteiger charge is 2.25. The van der Waals surface area contributed by atoms with E-state index in [9.17, 15) is 14.4 Å². The third-order valence-corrected chi connectivity index (χ3v) is 3.49. The summed E-state index contributed by atoms with van der Waals surface area (Å²) < 4.78 is 4.40. The van der Waals surface area contributed by atoms with Crippen molar-refractivity contribution < 1.29 is 24.2 Å². The number of carboxylic acid groups (broad SMARTS) is 1. The third kappa shape index (κ3) is 4.06. The van der Waals surface area contributed by atoms with E-state index >= 15 is 0 Å². The van der Waals surface area contributed by atoms with E-state index in [1.165, 1.54) is 11.3 Å². The van der Waals surface area contributed by atoms with Crippen molar-refractivity contribution in [3.8, 4) is 0 Å². The van der Waals surface area contributed by atoms with E-state index in [2.05, 4.69) is 10.1 Å². The summed E-state index contributed by atoms with van der Waals surface area (Å²) in [7, 11) is 1.16. The summed E-state index contributed by atoms with van der Waals surface area (Å²) in [5, 5.41) is 13.1. The van der Waals surface area contributed by atoms with Crippen molar-refractivity contribution in [3.63, 3.8) is 0 Å². The highest BCUT2D eigenvalue weighted by atomic mass is 32.1. The van der Waals surface area contributed by atoms with Crippen LogP contribution in [0.2, 0.25) is 0 Å². The molecule has 0 spiro atoms. The van der Waals surface area contributed by atoms with Gasteiger partial charge in [0.1, 0.15) is 6.04 Å². The average molecular weight is 285 g/mol. The summed E-state index contributed by atoms with van der Waals surface area (Å²) in [4.78, 5) is 34.5. The van der Waals surface area contributed by atoms with Crippen molar-refractivity contribution in [3.05, 3.63) is 21.9 Å². The van der Waals surface area contributed by atoms with Crippen LogP contribution < -0.4 is 5.32 Å². The molecule has 0 aliphatic rings. The van der Waals surface area contributed by atoms with Gasteiger partial charge in [-0.3, -0.25) is 9.59 Å². The largest absolute Gasteiger partial charge is 0.480 e. The minimum absolute atomic E-state index is 0.398. The number of carboxylic acids is 1. The standard InChI is InChI=1S/C12H15NO5S/c1-3-7-4-5-19-10(7)11(15)13-8(12(16)17)6-9(14)18-2/h4-5,8H,3,6H2,1-2H3,(H,13,15)(H,16,17)/t8-/m0/s1. The maximum absolute atomic E-state index is 12.0. The van der Waals surface area contributed by atoms with Crippen LogP contribution in [-0.4, -0.2) is 36.1 Å². The number of esters is 1. The van der Waals surface area contributed by atoms with Gasteiger partial charge in [-0.15, -0.1) is 11.3 Å². The van der Waals surface area contributed by atoms with Crippen molar-refractivity contribution in [2.24, 2.45) is 0 Å². The number of carbonyl (C=O) groups excluding carboxylic acids is 2. The molecule has 0 unspecified atom stereocenters. The number of nitrogens with one attached hydrogen (secondary N) is 1. The normalized spacial score (nSPS) is 11.7. The molecular weight excluding hydrogens is 270 g/mol. The molecule has 1 aromatic heterocycles. The molecule has 0 aliphatic heterocycles. The molecule has 1 amide bonds. The van der Waals surface area contributed by atoms with Gasteiger partial charge in [0, 0.05) is 0 Å². The monoisotopic (exact) mass is 285 g/mol. The Kier molecular flexibility index (Phi) is 5.50. The Hall–Kier alpha value is -1.89. The zero-order chi connectivity index (χ0) is 14.4. The molecule has 1 aromatic rings. The number of rotatable bonds is 6. The number of carbonyl (C=O) groups is 3. The van der Waals surface area contributed by atoms with Crippen LogP contribution in [-0.2, 0) is 20.7 Å². The van der Waals surface area contributed by atoms with E-state index in [1.807, 2.05) is 13.0 Å². The van der Waals surface area contributed by atoms with Gasteiger partial charge in [0.15, 0.2) is 0 Å². The fourth-order valence-electron chi connectivity index (χ4n) is 1.49. The Morgan fingerprint density at radius 2 is 2.16 bits per heavy atom. The van der Waals surface area contributed by atoms with E-state index in [0.717, 1.165) is 12.7 Å². The SMILES string of the molecule is CCc1ccsc1C(=O)N[C@@H](CC(=O)OC)C(=O)O. The molecule has 6 nitrogen and oxygen atoms in total. The van der Waals surface area contributed by atoms with E-state index in [4.69, 9.17) is 5.11 Å². The molecule has 0 saturated heterocycles. The molecule has 19 heavy (non-hydrogen) atoms. The van der Waals surface area contributed by atoms with Crippen molar-refractivity contribution in [1.29, 1.82) is 0 Å². The number of thiophene rings is 1. The number of aliphatic carboxylic acids is 1. The van der Waals surface area contributed by atoms with Crippen LogP contribution in [0.3, 0.4) is 0 Å². The smallest absolute Gasteiger partial charge is 0.326 e. The number of ether oxygens (including phenoxy) is 1. The Morgan fingerprint density at radius 1 is 1.47 bits per heavy atom. The van der Waals surface area contributed by atoms with Gasteiger partial charge < -0.3 is 15.2 Å². The quantitative estimate of drug-likeness (QED) is 0.762. The van der Waals surface area contributed by atoms with Crippen LogP contribution in [0.4, 0.5) is 0 Å². The summed E-state index contributed by atoms with van der Waals surface area (Å²) in [6.07, 6.45) is 0.283. The first-order chi connectivity index (χ1) is 8.99. The molecule has 0 radical (unpaired) electrons. The topological polar surface area (TPSA) is 92.7 Å². The van der Waals surface area contributed by atoms with Gasteiger partial charge >= 0.3 is 11.9 Å². The molecule has 2 N–H and O–H groups in total. The fourth-order valence-corrected chi connectivity index (χ4v) is 2.39. The van der Waals surface area contributed by atoms with E-state index < -0.39 is 30.3 Å². The molecular formula is C12H15NO5S. The van der Waals surface area contributed by atoms with Gasteiger partial charge in [0.25, 0.3) is 5.91 Å². The maximum atomic E-state index is 12.0. The predicted molar refractivity (Wildman–Crippen MR) is 69.2 cm³/mol. The minimum Gasteiger partial charge on any atom is -0.480 e. The summed E-state index contributed by atoms with van der Waals surface area (Å²) in [6, 6.07) is 0.530. The van der Waals surface area contributed by atoms with E-state index in [-0.39, 0.29) is 0 Å². The first-order valence-corrected chi connectivity index (χ1v) is 6.54. The second-order valence-electron chi connectivity index (χ2n) is 3.77. The lowest BCUT2D eigenvalue weighted by atomic mass is 10.1. The molecule has 1 rings (SSSR count). The number of hydrogen-bond acceptors (Lipinski definition) is 5. The Morgan fingerprint density at radius 3 is 2.68 bits per heavy atom. The number of aryl methyl sites for hydroxylation is 1. The molecule has 0 aliphatic carbocycles. The van der Waals surface area contributed by atoms with Crippen LogP contribution in [0.25, 0.3) is 0 Å². The van der Waals surface area contributed by atoms with Crippen molar-refractivity contribution >= 4 is 29.2 Å². The van der Waals surface area contributed by atoms with Gasteiger partial charge in [-0.2, -0.15) is 0 Å². The highest BCUT2D eigenvalue weighted by molar-refractivity contribution is 7.12. The lowest BCUT2D eigenvalue weighted by molar-refractivity contribution is -0.147. The zero-order valence-corrected chi connectivity index (χ0v) is 11.5. The number of amides is 1. The molecule has 1 atom stereocenters. The highest BCUT2D eigenvalue weighted by Crippen LogP contribution is 2.17. The second kappa shape index (κ2) is 6.89. The summed E-state index contributed by atoms with van der Waals surface area (Å²) in [5.41, 5.74) is 0.852. The van der Waals surface area contributed by atoms with Gasteiger partial charge in [-0.05, 0) is 23.4 Å². The predicted octanol–water partition coefficient (Wildman–Crippen LogP) is 1.06. The van der Waals surface area contributed by atoms with Crippen LogP contribution in [0, 0.1) is 0 Å². The van der Waals surface area contributed by atoms with Crippen molar-refractivity contribution in [2.45, 2.75) is 25.8 Å². The van der Waals surface area contributed by atoms with Gasteiger partial charge in [-0.1, -0.05) is 6.92 Å². The van der Waals surface area contributed by atoms with Crippen molar-refractivity contribution in [1.82, 2.24) is 5.32 Å².